The molecule has 100 valence electrons. The van der Waals surface area contributed by atoms with E-state index < -0.39 is 5.97 Å². The first-order chi connectivity index (χ1) is 8.97. The highest BCUT2D eigenvalue weighted by atomic mass is 32.2. The van der Waals surface area contributed by atoms with Crippen LogP contribution >= 0.6 is 11.8 Å². The highest BCUT2D eigenvalue weighted by Crippen LogP contribution is 2.19. The standard InChI is InChI=1S/C12H13N3O3S/c1-7-3-8(2)5-9(4-7)15-11(18)13-14-12(15)19-6-10(16)17/h3-5H,6H2,1-2H3,(H,13,18)(H,16,17). The van der Waals surface area contributed by atoms with Gasteiger partial charge in [0, 0.05) is 0 Å². The Kier molecular flexibility index (Phi) is 3.75. The Hall–Kier alpha value is -2.02. The predicted molar refractivity (Wildman–Crippen MR) is 72.0 cm³/mol. The van der Waals surface area contributed by atoms with Gasteiger partial charge in [-0.1, -0.05) is 17.8 Å². The minimum Gasteiger partial charge on any atom is -0.481 e. The topological polar surface area (TPSA) is 88.0 Å². The summed E-state index contributed by atoms with van der Waals surface area (Å²) in [6.45, 7) is 3.87. The lowest BCUT2D eigenvalue weighted by molar-refractivity contribution is -0.133. The summed E-state index contributed by atoms with van der Waals surface area (Å²) in [6, 6.07) is 5.71. The van der Waals surface area contributed by atoms with Crippen LogP contribution < -0.4 is 5.69 Å². The first kappa shape index (κ1) is 13.4. The second-order valence-electron chi connectivity index (χ2n) is 4.18. The van der Waals surface area contributed by atoms with Crippen molar-refractivity contribution in [3.8, 4) is 5.69 Å². The Labute approximate surface area is 113 Å². The molecule has 0 spiro atoms. The lowest BCUT2D eigenvalue weighted by Crippen LogP contribution is -2.16. The van der Waals surface area contributed by atoms with Gasteiger partial charge in [-0.3, -0.25) is 4.79 Å². The maximum atomic E-state index is 11.8. The first-order valence-electron chi connectivity index (χ1n) is 5.58. The third kappa shape index (κ3) is 3.05. The predicted octanol–water partition coefficient (Wildman–Crippen LogP) is 1.35. The SMILES string of the molecule is Cc1cc(C)cc(-n2c(SCC(=O)O)n[nH]c2=O)c1. The number of carboxylic acid groups (broad SMARTS) is 1. The van der Waals surface area contributed by atoms with Gasteiger partial charge in [-0.15, -0.1) is 5.10 Å². The zero-order valence-electron chi connectivity index (χ0n) is 10.5. The van der Waals surface area contributed by atoms with E-state index in [1.54, 1.807) is 0 Å². The molecular weight excluding hydrogens is 266 g/mol. The van der Waals surface area contributed by atoms with Crippen molar-refractivity contribution in [2.75, 3.05) is 5.75 Å². The number of thioether (sulfide) groups is 1. The highest BCUT2D eigenvalue weighted by molar-refractivity contribution is 7.99. The van der Waals surface area contributed by atoms with E-state index in [-0.39, 0.29) is 11.4 Å². The Bertz CT molecular complexity index is 655. The molecule has 19 heavy (non-hydrogen) atoms. The van der Waals surface area contributed by atoms with E-state index in [9.17, 15) is 9.59 Å². The van der Waals surface area contributed by atoms with E-state index in [0.29, 0.717) is 10.8 Å². The van der Waals surface area contributed by atoms with Crippen molar-refractivity contribution >= 4 is 17.7 Å². The van der Waals surface area contributed by atoms with Crippen molar-refractivity contribution in [3.05, 3.63) is 39.8 Å². The van der Waals surface area contributed by atoms with Crippen molar-refractivity contribution in [1.82, 2.24) is 14.8 Å². The molecule has 0 aliphatic carbocycles. The van der Waals surface area contributed by atoms with Gasteiger partial charge in [0.25, 0.3) is 0 Å². The zero-order chi connectivity index (χ0) is 14.0. The lowest BCUT2D eigenvalue weighted by atomic mass is 10.1. The van der Waals surface area contributed by atoms with Crippen molar-refractivity contribution in [1.29, 1.82) is 0 Å². The number of nitrogens with one attached hydrogen (secondary N) is 1. The molecule has 0 aliphatic heterocycles. The molecule has 2 aromatic rings. The number of aromatic nitrogens is 3. The second kappa shape index (κ2) is 5.31. The molecule has 6 nitrogen and oxygen atoms in total. The molecule has 0 bridgehead atoms. The van der Waals surface area contributed by atoms with E-state index in [1.807, 2.05) is 32.0 Å². The van der Waals surface area contributed by atoms with E-state index in [1.165, 1.54) is 4.57 Å². The van der Waals surface area contributed by atoms with Crippen LogP contribution in [0.2, 0.25) is 0 Å². The van der Waals surface area contributed by atoms with Gasteiger partial charge in [-0.25, -0.2) is 14.5 Å². The van der Waals surface area contributed by atoms with Crippen molar-refractivity contribution in [3.63, 3.8) is 0 Å². The summed E-state index contributed by atoms with van der Waals surface area (Å²) in [5.74, 6) is -1.10. The number of benzene rings is 1. The summed E-state index contributed by atoms with van der Waals surface area (Å²) in [5, 5.41) is 15.2. The van der Waals surface area contributed by atoms with Gasteiger partial charge in [0.05, 0.1) is 11.4 Å². The Morgan fingerprint density at radius 3 is 2.58 bits per heavy atom. The number of rotatable bonds is 4. The molecule has 1 heterocycles. The smallest absolute Gasteiger partial charge is 0.348 e. The zero-order valence-corrected chi connectivity index (χ0v) is 11.3. The number of H-pyrrole nitrogens is 1. The number of aliphatic carboxylic acids is 1. The van der Waals surface area contributed by atoms with E-state index in [2.05, 4.69) is 10.2 Å². The van der Waals surface area contributed by atoms with Crippen molar-refractivity contribution < 1.29 is 9.90 Å². The molecule has 0 unspecified atom stereocenters. The van der Waals surface area contributed by atoms with E-state index in [4.69, 9.17) is 5.11 Å². The van der Waals surface area contributed by atoms with Crippen LogP contribution in [0.25, 0.3) is 5.69 Å². The van der Waals surface area contributed by atoms with Gasteiger partial charge in [0.2, 0.25) is 0 Å². The Morgan fingerprint density at radius 2 is 2.00 bits per heavy atom. The number of aromatic amines is 1. The van der Waals surface area contributed by atoms with Gasteiger partial charge in [-0.05, 0) is 37.1 Å². The fourth-order valence-electron chi connectivity index (χ4n) is 1.81. The van der Waals surface area contributed by atoms with Crippen LogP contribution in [-0.4, -0.2) is 31.6 Å². The summed E-state index contributed by atoms with van der Waals surface area (Å²) in [7, 11) is 0. The van der Waals surface area contributed by atoms with Crippen LogP contribution in [0.5, 0.6) is 0 Å². The van der Waals surface area contributed by atoms with Crippen molar-refractivity contribution in [2.45, 2.75) is 19.0 Å². The molecule has 0 amide bonds. The maximum Gasteiger partial charge on any atom is 0.348 e. The summed E-state index contributed by atoms with van der Waals surface area (Å²) in [6.07, 6.45) is 0. The number of nitrogens with zero attached hydrogens (tertiary/aromatic N) is 2. The summed E-state index contributed by atoms with van der Waals surface area (Å²) in [4.78, 5) is 22.4. The normalized spacial score (nSPS) is 10.6. The monoisotopic (exact) mass is 279 g/mol. The number of aryl methyl sites for hydroxylation is 2. The molecular formula is C12H13N3O3S. The lowest BCUT2D eigenvalue weighted by Gasteiger charge is -2.07. The van der Waals surface area contributed by atoms with Gasteiger partial charge in [-0.2, -0.15) is 0 Å². The average Bonchev–Trinajstić information content (AvgIpc) is 2.66. The van der Waals surface area contributed by atoms with Crippen LogP contribution in [-0.2, 0) is 4.79 Å². The molecule has 2 rings (SSSR count). The van der Waals surface area contributed by atoms with Gasteiger partial charge in [0.15, 0.2) is 5.16 Å². The second-order valence-corrected chi connectivity index (χ2v) is 5.12. The van der Waals surface area contributed by atoms with Crippen molar-refractivity contribution in [2.24, 2.45) is 0 Å². The Morgan fingerprint density at radius 1 is 1.37 bits per heavy atom. The molecule has 7 heteroatoms. The molecule has 0 fully saturated rings. The summed E-state index contributed by atoms with van der Waals surface area (Å²) in [5.41, 5.74) is 2.36. The molecule has 1 aromatic carbocycles. The summed E-state index contributed by atoms with van der Waals surface area (Å²) >= 11 is 1.00. The average molecular weight is 279 g/mol. The molecule has 0 saturated heterocycles. The van der Waals surface area contributed by atoms with E-state index in [0.717, 1.165) is 22.9 Å². The van der Waals surface area contributed by atoms with Crippen LogP contribution in [0.15, 0.2) is 28.2 Å². The molecule has 1 aromatic heterocycles. The quantitative estimate of drug-likeness (QED) is 0.825. The third-order valence-electron chi connectivity index (χ3n) is 2.43. The number of hydrogen-bond donors (Lipinski definition) is 2. The first-order valence-corrected chi connectivity index (χ1v) is 6.56. The largest absolute Gasteiger partial charge is 0.481 e. The number of carbonyl (C=O) groups is 1. The molecule has 0 atom stereocenters. The fraction of sp³-hybridized carbons (Fsp3) is 0.250. The van der Waals surface area contributed by atoms with E-state index >= 15 is 0 Å². The van der Waals surface area contributed by atoms with Crippen LogP contribution in [0.3, 0.4) is 0 Å². The highest BCUT2D eigenvalue weighted by Gasteiger charge is 2.13. The fourth-order valence-corrected chi connectivity index (χ4v) is 2.49. The Balaban J connectivity index is 2.46. The minimum atomic E-state index is -0.951. The molecule has 0 aliphatic rings. The van der Waals surface area contributed by atoms with Crippen LogP contribution in [0, 0.1) is 13.8 Å². The molecule has 2 N–H and O–H groups in total. The number of carboxylic acids is 1. The van der Waals surface area contributed by atoms with Gasteiger partial charge < -0.3 is 5.11 Å². The van der Waals surface area contributed by atoms with Crippen LogP contribution in [0.1, 0.15) is 11.1 Å². The summed E-state index contributed by atoms with van der Waals surface area (Å²) < 4.78 is 1.38. The third-order valence-corrected chi connectivity index (χ3v) is 3.35. The van der Waals surface area contributed by atoms with Crippen LogP contribution in [0.4, 0.5) is 0 Å². The number of hydrogen-bond acceptors (Lipinski definition) is 4. The molecule has 0 saturated carbocycles. The van der Waals surface area contributed by atoms with Gasteiger partial charge >= 0.3 is 11.7 Å². The molecule has 0 radical (unpaired) electrons. The maximum absolute atomic E-state index is 11.8. The minimum absolute atomic E-state index is 0.144. The van der Waals surface area contributed by atoms with Gasteiger partial charge in [0.1, 0.15) is 0 Å².